The van der Waals surface area contributed by atoms with Crippen LogP contribution in [-0.4, -0.2) is 33.9 Å². The average molecular weight is 389 g/mol. The number of hydrogen-bond acceptors (Lipinski definition) is 6. The second kappa shape index (κ2) is 7.53. The highest BCUT2D eigenvalue weighted by Gasteiger charge is 2.37. The van der Waals surface area contributed by atoms with Gasteiger partial charge in [-0.1, -0.05) is 17.5 Å². The van der Waals surface area contributed by atoms with Gasteiger partial charge in [0.05, 0.1) is 12.8 Å². The number of anilines is 1. The summed E-state index contributed by atoms with van der Waals surface area (Å²) >= 11 is 5.78. The van der Waals surface area contributed by atoms with Crippen molar-refractivity contribution in [1.82, 2.24) is 14.8 Å². The smallest absolute Gasteiger partial charge is 0.420 e. The standard InChI is InChI=1S/C15H12ClF3N4O3/c1-3-5-26-13-10(16)6-9(15(17,18)19)12(22-13)23-11(20)8(7-21-23)14(24)25-4-2/h1,6-7H,4-5,20H2,2H3. The minimum Gasteiger partial charge on any atom is -0.463 e. The Morgan fingerprint density at radius 3 is 2.77 bits per heavy atom. The van der Waals surface area contributed by atoms with Gasteiger partial charge in [-0.3, -0.25) is 0 Å². The van der Waals surface area contributed by atoms with E-state index in [2.05, 4.69) is 16.0 Å². The van der Waals surface area contributed by atoms with E-state index in [1.165, 1.54) is 0 Å². The molecule has 0 spiro atoms. The van der Waals surface area contributed by atoms with Crippen molar-refractivity contribution in [2.45, 2.75) is 13.1 Å². The van der Waals surface area contributed by atoms with Crippen molar-refractivity contribution >= 4 is 23.4 Å². The fourth-order valence-electron chi connectivity index (χ4n) is 1.94. The van der Waals surface area contributed by atoms with Crippen LogP contribution in [0.4, 0.5) is 19.0 Å². The van der Waals surface area contributed by atoms with E-state index in [-0.39, 0.29) is 30.5 Å². The normalized spacial score (nSPS) is 11.1. The molecule has 0 unspecified atom stereocenters. The Bertz CT molecular complexity index is 874. The summed E-state index contributed by atoms with van der Waals surface area (Å²) in [7, 11) is 0. The van der Waals surface area contributed by atoms with E-state index >= 15 is 0 Å². The number of nitrogen functional groups attached to an aromatic ring is 1. The largest absolute Gasteiger partial charge is 0.463 e. The average Bonchev–Trinajstić information content (AvgIpc) is 2.94. The number of halogens is 4. The summed E-state index contributed by atoms with van der Waals surface area (Å²) in [6.07, 6.45) is 1.21. The molecule has 0 atom stereocenters. The van der Waals surface area contributed by atoms with Crippen LogP contribution in [0.3, 0.4) is 0 Å². The van der Waals surface area contributed by atoms with Crippen molar-refractivity contribution in [3.63, 3.8) is 0 Å². The molecule has 2 aromatic heterocycles. The quantitative estimate of drug-likeness (QED) is 0.625. The molecule has 2 heterocycles. The fourth-order valence-corrected chi connectivity index (χ4v) is 2.14. The molecule has 0 amide bonds. The van der Waals surface area contributed by atoms with Crippen LogP contribution in [-0.2, 0) is 10.9 Å². The maximum absolute atomic E-state index is 13.4. The Morgan fingerprint density at radius 2 is 2.19 bits per heavy atom. The molecule has 26 heavy (non-hydrogen) atoms. The zero-order valence-electron chi connectivity index (χ0n) is 13.3. The van der Waals surface area contributed by atoms with Crippen LogP contribution in [0.25, 0.3) is 5.82 Å². The van der Waals surface area contributed by atoms with E-state index in [0.717, 1.165) is 6.20 Å². The van der Waals surface area contributed by atoms with Crippen LogP contribution in [0.5, 0.6) is 5.88 Å². The molecule has 0 fully saturated rings. The first-order valence-corrected chi connectivity index (χ1v) is 7.43. The molecule has 7 nitrogen and oxygen atoms in total. The van der Waals surface area contributed by atoms with Crippen LogP contribution in [0, 0.1) is 12.3 Å². The second-order valence-corrected chi connectivity index (χ2v) is 5.12. The number of pyridine rings is 1. The van der Waals surface area contributed by atoms with Gasteiger partial charge in [-0.2, -0.15) is 27.9 Å². The molecule has 138 valence electrons. The van der Waals surface area contributed by atoms with E-state index in [9.17, 15) is 18.0 Å². The number of ether oxygens (including phenoxy) is 2. The van der Waals surface area contributed by atoms with Crippen LogP contribution in [0.1, 0.15) is 22.8 Å². The van der Waals surface area contributed by atoms with Crippen molar-refractivity contribution in [1.29, 1.82) is 0 Å². The van der Waals surface area contributed by atoms with Gasteiger partial charge in [0.2, 0.25) is 5.88 Å². The molecular weight excluding hydrogens is 377 g/mol. The SMILES string of the molecule is C#CCOc1nc(-n2ncc(C(=O)OCC)c2N)c(C(F)(F)F)cc1Cl. The predicted molar refractivity (Wildman–Crippen MR) is 86.1 cm³/mol. The van der Waals surface area contributed by atoms with Crippen molar-refractivity contribution in [3.05, 3.63) is 28.4 Å². The number of nitrogens with two attached hydrogens (primary N) is 1. The molecule has 0 aliphatic carbocycles. The lowest BCUT2D eigenvalue weighted by Crippen LogP contribution is -2.16. The lowest BCUT2D eigenvalue weighted by molar-refractivity contribution is -0.137. The van der Waals surface area contributed by atoms with E-state index in [0.29, 0.717) is 10.7 Å². The summed E-state index contributed by atoms with van der Waals surface area (Å²) in [5.74, 6) is -0.127. The summed E-state index contributed by atoms with van der Waals surface area (Å²) in [6, 6.07) is 0.612. The summed E-state index contributed by atoms with van der Waals surface area (Å²) in [6.45, 7) is 1.36. The third kappa shape index (κ3) is 3.83. The minimum atomic E-state index is -4.82. The molecule has 2 aromatic rings. The number of alkyl halides is 3. The van der Waals surface area contributed by atoms with Crippen molar-refractivity contribution in [2.24, 2.45) is 0 Å². The number of nitrogens with zero attached hydrogens (tertiary/aromatic N) is 3. The van der Waals surface area contributed by atoms with Gasteiger partial charge in [-0.25, -0.2) is 4.79 Å². The maximum Gasteiger partial charge on any atom is 0.420 e. The van der Waals surface area contributed by atoms with Crippen molar-refractivity contribution in [2.75, 3.05) is 18.9 Å². The predicted octanol–water partition coefficient (Wildman–Crippen LogP) is 2.71. The van der Waals surface area contributed by atoms with Gasteiger partial charge in [-0.05, 0) is 13.0 Å². The first kappa shape index (κ1) is 19.4. The number of carbonyl (C=O) groups excluding carboxylic acids is 1. The number of esters is 1. The molecule has 0 aliphatic heterocycles. The van der Waals surface area contributed by atoms with E-state index in [1.807, 2.05) is 0 Å². The monoisotopic (exact) mass is 388 g/mol. The van der Waals surface area contributed by atoms with Gasteiger partial charge < -0.3 is 15.2 Å². The third-order valence-corrected chi connectivity index (χ3v) is 3.29. The Morgan fingerprint density at radius 1 is 1.50 bits per heavy atom. The van der Waals surface area contributed by atoms with Crippen LogP contribution in [0.2, 0.25) is 5.02 Å². The summed E-state index contributed by atoms with van der Waals surface area (Å²) in [5.41, 5.74) is 4.33. The Labute approximate surface area is 150 Å². The summed E-state index contributed by atoms with van der Waals surface area (Å²) in [4.78, 5) is 15.5. The molecule has 0 saturated heterocycles. The Kier molecular flexibility index (Phi) is 5.62. The molecule has 0 bridgehead atoms. The van der Waals surface area contributed by atoms with Gasteiger partial charge in [0, 0.05) is 0 Å². The number of aromatic nitrogens is 3. The number of carbonyl (C=O) groups is 1. The molecule has 0 saturated carbocycles. The number of hydrogen-bond donors (Lipinski definition) is 1. The van der Waals surface area contributed by atoms with Gasteiger partial charge >= 0.3 is 12.1 Å². The van der Waals surface area contributed by atoms with E-state index < -0.39 is 28.5 Å². The number of terminal acetylenes is 1. The summed E-state index contributed by atoms with van der Waals surface area (Å²) in [5, 5.41) is 3.31. The zero-order chi connectivity index (χ0) is 19.5. The van der Waals surface area contributed by atoms with Crippen molar-refractivity contribution in [3.8, 4) is 24.0 Å². The lowest BCUT2D eigenvalue weighted by atomic mass is 10.2. The van der Waals surface area contributed by atoms with Crippen LogP contribution in [0.15, 0.2) is 12.3 Å². The molecule has 11 heteroatoms. The Balaban J connectivity index is 2.64. The summed E-state index contributed by atoms with van der Waals surface area (Å²) < 4.78 is 50.6. The first-order chi connectivity index (χ1) is 12.2. The second-order valence-electron chi connectivity index (χ2n) is 4.71. The molecule has 0 radical (unpaired) electrons. The van der Waals surface area contributed by atoms with Crippen LogP contribution < -0.4 is 10.5 Å². The first-order valence-electron chi connectivity index (χ1n) is 7.05. The Hall–Kier alpha value is -2.93. The highest BCUT2D eigenvalue weighted by atomic mass is 35.5. The highest BCUT2D eigenvalue weighted by Crippen LogP contribution is 2.38. The zero-order valence-corrected chi connectivity index (χ0v) is 14.1. The molecule has 0 aromatic carbocycles. The van der Waals surface area contributed by atoms with Gasteiger partial charge in [0.15, 0.2) is 12.4 Å². The molecular formula is C15H12ClF3N4O3. The fraction of sp³-hybridized carbons (Fsp3) is 0.267. The van der Waals surface area contributed by atoms with E-state index in [1.54, 1.807) is 6.92 Å². The van der Waals surface area contributed by atoms with Gasteiger partial charge in [-0.15, -0.1) is 6.42 Å². The van der Waals surface area contributed by atoms with Gasteiger partial charge in [0.25, 0.3) is 0 Å². The lowest BCUT2D eigenvalue weighted by Gasteiger charge is -2.15. The highest BCUT2D eigenvalue weighted by molar-refractivity contribution is 6.32. The van der Waals surface area contributed by atoms with E-state index in [4.69, 9.17) is 33.2 Å². The molecule has 2 N–H and O–H groups in total. The maximum atomic E-state index is 13.4. The topological polar surface area (TPSA) is 92.3 Å². The molecule has 2 rings (SSSR count). The van der Waals surface area contributed by atoms with Gasteiger partial charge in [0.1, 0.15) is 22.0 Å². The third-order valence-electron chi connectivity index (χ3n) is 3.02. The van der Waals surface area contributed by atoms with Crippen molar-refractivity contribution < 1.29 is 27.4 Å². The minimum absolute atomic E-state index is 0.0561. The van der Waals surface area contributed by atoms with Crippen LogP contribution >= 0.6 is 11.6 Å². The number of rotatable bonds is 5. The molecule has 0 aliphatic rings.